The summed E-state index contributed by atoms with van der Waals surface area (Å²) in [5.41, 5.74) is 12.6. The van der Waals surface area contributed by atoms with E-state index in [2.05, 4.69) is 15.0 Å². The molecule has 1 saturated heterocycles. The summed E-state index contributed by atoms with van der Waals surface area (Å²) in [6.07, 6.45) is -0.928. The highest BCUT2D eigenvalue weighted by Gasteiger charge is 2.60. The number of carbonyl (C=O) groups is 1. The third-order valence-electron chi connectivity index (χ3n) is 6.88. The zero-order valence-corrected chi connectivity index (χ0v) is 24.4. The van der Waals surface area contributed by atoms with Gasteiger partial charge in [0.2, 0.25) is 0 Å². The van der Waals surface area contributed by atoms with Crippen molar-refractivity contribution in [2.45, 2.75) is 56.9 Å². The van der Waals surface area contributed by atoms with E-state index in [1.807, 2.05) is 91.0 Å². The molecule has 1 fully saturated rings. The Kier molecular flexibility index (Phi) is 10.5. The maximum absolute atomic E-state index is 12.6. The second kappa shape index (κ2) is 14.9. The number of benzene rings is 3. The molecule has 0 aliphatic carbocycles. The zero-order valence-electron chi connectivity index (χ0n) is 23.6. The fraction of sp³-hybridized carbons (Fsp3) is 0.312. The van der Waals surface area contributed by atoms with Gasteiger partial charge in [-0.2, -0.15) is 0 Å². The average molecular weight is 601 g/mol. The lowest BCUT2D eigenvalue weighted by Gasteiger charge is -2.49. The van der Waals surface area contributed by atoms with Gasteiger partial charge in [0.15, 0.2) is 5.01 Å². The van der Waals surface area contributed by atoms with Crippen LogP contribution in [0.15, 0.2) is 108 Å². The summed E-state index contributed by atoms with van der Waals surface area (Å²) in [5.74, 6) is -2.51. The molecular formula is C32H32N4O6S. The Bertz CT molecular complexity index is 1470. The van der Waals surface area contributed by atoms with Gasteiger partial charge in [-0.1, -0.05) is 96.1 Å². The van der Waals surface area contributed by atoms with Crippen molar-refractivity contribution < 1.29 is 28.5 Å². The lowest BCUT2D eigenvalue weighted by Crippen LogP contribution is -2.65. The third-order valence-corrected chi connectivity index (χ3v) is 7.75. The highest BCUT2D eigenvalue weighted by Crippen LogP contribution is 2.45. The maximum atomic E-state index is 12.6. The molecule has 4 aromatic rings. The summed E-state index contributed by atoms with van der Waals surface area (Å²) in [5, 5.41) is 6.15. The van der Waals surface area contributed by atoms with Crippen LogP contribution in [0.1, 0.15) is 28.6 Å². The average Bonchev–Trinajstić information content (AvgIpc) is 3.58. The van der Waals surface area contributed by atoms with Crippen LogP contribution in [0.2, 0.25) is 0 Å². The van der Waals surface area contributed by atoms with Gasteiger partial charge >= 0.3 is 5.97 Å². The van der Waals surface area contributed by atoms with Crippen molar-refractivity contribution in [1.82, 2.24) is 4.98 Å². The summed E-state index contributed by atoms with van der Waals surface area (Å²) in [6, 6.07) is 27.9. The molecular weight excluding hydrogens is 568 g/mol. The normalized spacial score (nSPS) is 23.3. The molecule has 1 aliphatic rings. The Balaban J connectivity index is 1.54. The fourth-order valence-electron chi connectivity index (χ4n) is 5.00. The number of carbonyl (C=O) groups excluding carboxylic acids is 1. The molecule has 1 aromatic heterocycles. The van der Waals surface area contributed by atoms with Crippen LogP contribution in [0.3, 0.4) is 0 Å². The minimum absolute atomic E-state index is 0.0664. The highest BCUT2D eigenvalue weighted by molar-refractivity contribution is 7.09. The topological polar surface area (TPSA) is 125 Å². The fourth-order valence-corrected chi connectivity index (χ4v) is 5.75. The van der Waals surface area contributed by atoms with Crippen LogP contribution in [-0.2, 0) is 54.1 Å². The van der Waals surface area contributed by atoms with Gasteiger partial charge in [0.25, 0.3) is 5.79 Å². The van der Waals surface area contributed by atoms with Gasteiger partial charge in [-0.25, -0.2) is 4.98 Å². The minimum atomic E-state index is -1.87. The molecule has 2 heterocycles. The molecule has 222 valence electrons. The number of hydrogen-bond acceptors (Lipinski definition) is 9. The number of hydrogen-bond donors (Lipinski definition) is 0. The molecule has 10 nitrogen and oxygen atoms in total. The standard InChI is InChI=1S/C32H32N4O6S/c1-23(37)41-32(31-34-17-18-43-31)30(35-36-33)29(40-21-26-15-9-4-10-16-26)28(39-20-25-13-7-3-8-14-25)27(42-32)22-38-19-24-11-5-2-6-12-24/h2-18,27-30H,19-22H2,1H3/t27-,28+,29+,30-,32-/m1/s1. The summed E-state index contributed by atoms with van der Waals surface area (Å²) in [7, 11) is 0. The Labute approximate surface area is 253 Å². The van der Waals surface area contributed by atoms with Gasteiger partial charge in [0.1, 0.15) is 24.4 Å². The first-order chi connectivity index (χ1) is 21.1. The number of thiazole rings is 1. The number of esters is 1. The molecule has 0 saturated carbocycles. The van der Waals surface area contributed by atoms with Crippen LogP contribution < -0.4 is 0 Å². The number of nitrogens with zero attached hydrogens (tertiary/aromatic N) is 4. The number of aromatic nitrogens is 1. The first-order valence-corrected chi connectivity index (χ1v) is 14.7. The Hall–Kier alpha value is -4.09. The summed E-state index contributed by atoms with van der Waals surface area (Å²) >= 11 is 1.22. The molecule has 1 aliphatic heterocycles. The van der Waals surface area contributed by atoms with Crippen molar-refractivity contribution in [1.29, 1.82) is 0 Å². The summed E-state index contributed by atoms with van der Waals surface area (Å²) < 4.78 is 31.7. The van der Waals surface area contributed by atoms with E-state index in [4.69, 9.17) is 23.7 Å². The van der Waals surface area contributed by atoms with Gasteiger partial charge in [0.05, 0.1) is 26.4 Å². The first kappa shape index (κ1) is 30.4. The third kappa shape index (κ3) is 7.66. The monoisotopic (exact) mass is 600 g/mol. The Morgan fingerprint density at radius 3 is 1.98 bits per heavy atom. The SMILES string of the molecule is CC(=O)O[C@@]1(c2nccs2)O[C@H](COCc2ccccc2)[C@H](OCc2ccccc2)[C@H](OCc2ccccc2)[C@H]1N=[N+]=[N-]. The van der Waals surface area contributed by atoms with Crippen molar-refractivity contribution in [3.05, 3.63) is 135 Å². The molecule has 0 bridgehead atoms. The van der Waals surface area contributed by atoms with E-state index in [1.165, 1.54) is 18.3 Å². The van der Waals surface area contributed by atoms with Crippen molar-refractivity contribution in [2.24, 2.45) is 5.11 Å². The van der Waals surface area contributed by atoms with Crippen molar-refractivity contribution >= 4 is 17.3 Å². The predicted molar refractivity (Wildman–Crippen MR) is 160 cm³/mol. The van der Waals surface area contributed by atoms with Crippen molar-refractivity contribution in [3.8, 4) is 0 Å². The predicted octanol–water partition coefficient (Wildman–Crippen LogP) is 6.32. The molecule has 0 radical (unpaired) electrons. The van der Waals surface area contributed by atoms with Crippen LogP contribution in [-0.4, -0.2) is 41.9 Å². The number of rotatable bonds is 13. The first-order valence-electron chi connectivity index (χ1n) is 13.8. The molecule has 0 N–H and O–H groups in total. The van der Waals surface area contributed by atoms with Crippen LogP contribution in [0.25, 0.3) is 10.4 Å². The van der Waals surface area contributed by atoms with Crippen LogP contribution in [0.5, 0.6) is 0 Å². The minimum Gasteiger partial charge on any atom is -0.425 e. The smallest absolute Gasteiger partial charge is 0.305 e. The molecule has 5 atom stereocenters. The molecule has 0 unspecified atom stereocenters. The molecule has 3 aromatic carbocycles. The largest absolute Gasteiger partial charge is 0.425 e. The summed E-state index contributed by atoms with van der Waals surface area (Å²) in [4.78, 5) is 20.1. The number of ether oxygens (including phenoxy) is 5. The lowest BCUT2D eigenvalue weighted by atomic mass is 9.90. The van der Waals surface area contributed by atoms with Gasteiger partial charge in [-0.3, -0.25) is 4.79 Å². The van der Waals surface area contributed by atoms with E-state index >= 15 is 0 Å². The molecule has 43 heavy (non-hydrogen) atoms. The van der Waals surface area contributed by atoms with E-state index in [-0.39, 0.29) is 19.8 Å². The van der Waals surface area contributed by atoms with Gasteiger partial charge in [0, 0.05) is 23.4 Å². The number of azide groups is 1. The Morgan fingerprint density at radius 1 is 0.907 bits per heavy atom. The summed E-state index contributed by atoms with van der Waals surface area (Å²) in [6.45, 7) is 2.07. The van der Waals surface area contributed by atoms with Crippen LogP contribution in [0.4, 0.5) is 0 Å². The van der Waals surface area contributed by atoms with Crippen molar-refractivity contribution in [3.63, 3.8) is 0 Å². The van der Waals surface area contributed by atoms with Crippen LogP contribution in [0, 0.1) is 0 Å². The van der Waals surface area contributed by atoms with E-state index in [0.717, 1.165) is 16.7 Å². The highest BCUT2D eigenvalue weighted by atomic mass is 32.1. The molecule has 5 rings (SSSR count). The van der Waals surface area contributed by atoms with Gasteiger partial charge < -0.3 is 23.7 Å². The molecule has 0 amide bonds. The van der Waals surface area contributed by atoms with Crippen molar-refractivity contribution in [2.75, 3.05) is 6.61 Å². The second-order valence-electron chi connectivity index (χ2n) is 9.93. The molecule has 11 heteroatoms. The van der Waals surface area contributed by atoms with Gasteiger partial charge in [-0.05, 0) is 22.2 Å². The van der Waals surface area contributed by atoms with E-state index in [9.17, 15) is 10.3 Å². The Morgan fingerprint density at radius 2 is 1.47 bits per heavy atom. The van der Waals surface area contributed by atoms with E-state index in [1.54, 1.807) is 11.6 Å². The van der Waals surface area contributed by atoms with Gasteiger partial charge in [-0.15, -0.1) is 11.3 Å². The van der Waals surface area contributed by atoms with E-state index < -0.39 is 36.1 Å². The van der Waals surface area contributed by atoms with Crippen LogP contribution >= 0.6 is 11.3 Å². The quantitative estimate of drug-likeness (QED) is 0.0760. The molecule has 0 spiro atoms. The zero-order chi connectivity index (χ0) is 29.9. The lowest BCUT2D eigenvalue weighted by molar-refractivity contribution is -0.339. The van der Waals surface area contributed by atoms with E-state index in [0.29, 0.717) is 11.6 Å². The second-order valence-corrected chi connectivity index (χ2v) is 10.8. The maximum Gasteiger partial charge on any atom is 0.305 e.